The molecule has 2 aliphatic heterocycles. The lowest BCUT2D eigenvalue weighted by Gasteiger charge is -2.37. The molecule has 0 spiro atoms. The molecule has 2 heterocycles. The molecule has 1 amide bonds. The molecule has 0 aromatic heterocycles. The zero-order valence-corrected chi connectivity index (χ0v) is 13.9. The van der Waals surface area contributed by atoms with Crippen LogP contribution in [0.15, 0.2) is 0 Å². The fraction of sp³-hybridized carbons (Fsp3) is 0.938. The molecule has 0 bridgehead atoms. The highest BCUT2D eigenvalue weighted by Crippen LogP contribution is 2.19. The number of carbonyl (C=O) groups is 1. The predicted molar refractivity (Wildman–Crippen MR) is 84.4 cm³/mol. The maximum atomic E-state index is 11.9. The van der Waals surface area contributed by atoms with Crippen LogP contribution in [-0.2, 0) is 4.74 Å². The van der Waals surface area contributed by atoms with Crippen LogP contribution in [0.25, 0.3) is 0 Å². The first-order valence-electron chi connectivity index (χ1n) is 8.37. The Morgan fingerprint density at radius 2 is 1.71 bits per heavy atom. The third-order valence-electron chi connectivity index (χ3n) is 4.53. The summed E-state index contributed by atoms with van der Waals surface area (Å²) in [6.45, 7) is 12.3. The van der Waals surface area contributed by atoms with E-state index in [1.807, 2.05) is 4.90 Å². The van der Waals surface area contributed by atoms with Gasteiger partial charge in [0.2, 0.25) is 0 Å². The second-order valence-corrected chi connectivity index (χ2v) is 7.01. The Balaban J connectivity index is 1.65. The van der Waals surface area contributed by atoms with E-state index in [-0.39, 0.29) is 6.09 Å². The molecule has 5 nitrogen and oxygen atoms in total. The number of likely N-dealkylation sites (N-methyl/N-ethyl adjacent to an activating group) is 1. The van der Waals surface area contributed by atoms with Gasteiger partial charge in [0.05, 0.1) is 6.61 Å². The molecule has 0 N–H and O–H groups in total. The van der Waals surface area contributed by atoms with Crippen molar-refractivity contribution in [3.8, 4) is 0 Å². The molecule has 0 aromatic rings. The predicted octanol–water partition coefficient (Wildman–Crippen LogP) is 1.74. The Labute approximate surface area is 129 Å². The van der Waals surface area contributed by atoms with Crippen molar-refractivity contribution < 1.29 is 9.53 Å². The van der Waals surface area contributed by atoms with Crippen molar-refractivity contribution in [3.63, 3.8) is 0 Å². The summed E-state index contributed by atoms with van der Waals surface area (Å²) in [6, 6.07) is 0. The zero-order valence-electron chi connectivity index (χ0n) is 13.9. The van der Waals surface area contributed by atoms with Crippen LogP contribution in [0.1, 0.15) is 26.7 Å². The summed E-state index contributed by atoms with van der Waals surface area (Å²) in [5.74, 6) is 1.14. The molecule has 0 radical (unpaired) electrons. The second kappa shape index (κ2) is 7.99. The molecule has 0 aromatic carbocycles. The first-order valence-corrected chi connectivity index (χ1v) is 8.37. The molecule has 122 valence electrons. The van der Waals surface area contributed by atoms with Gasteiger partial charge in [-0.2, -0.15) is 0 Å². The van der Waals surface area contributed by atoms with E-state index < -0.39 is 0 Å². The highest BCUT2D eigenvalue weighted by Gasteiger charge is 2.26. The standard InChI is InChI=1S/C16H31N3O2/c1-14(2)13-21-16(20)19-6-4-15(5-7-19)12-18-10-8-17(3)9-11-18/h14-15H,4-13H2,1-3H3. The van der Waals surface area contributed by atoms with E-state index in [1.54, 1.807) is 0 Å². The van der Waals surface area contributed by atoms with Crippen LogP contribution in [0.4, 0.5) is 4.79 Å². The van der Waals surface area contributed by atoms with Crippen LogP contribution < -0.4 is 0 Å². The van der Waals surface area contributed by atoms with Gasteiger partial charge in [0.25, 0.3) is 0 Å². The molecule has 0 aliphatic carbocycles. The van der Waals surface area contributed by atoms with Crippen LogP contribution in [0.2, 0.25) is 0 Å². The zero-order chi connectivity index (χ0) is 15.2. The molecular formula is C16H31N3O2. The first kappa shape index (κ1) is 16.6. The lowest BCUT2D eigenvalue weighted by Crippen LogP contribution is -2.48. The number of piperazine rings is 1. The van der Waals surface area contributed by atoms with Gasteiger partial charge in [-0.15, -0.1) is 0 Å². The largest absolute Gasteiger partial charge is 0.449 e. The minimum atomic E-state index is -0.123. The van der Waals surface area contributed by atoms with Crippen LogP contribution >= 0.6 is 0 Å². The van der Waals surface area contributed by atoms with E-state index in [2.05, 4.69) is 30.7 Å². The molecule has 5 heteroatoms. The van der Waals surface area contributed by atoms with Crippen molar-refractivity contribution in [2.45, 2.75) is 26.7 Å². The molecule has 0 saturated carbocycles. The number of rotatable bonds is 4. The molecule has 21 heavy (non-hydrogen) atoms. The van der Waals surface area contributed by atoms with Crippen molar-refractivity contribution in [3.05, 3.63) is 0 Å². The highest BCUT2D eigenvalue weighted by atomic mass is 16.6. The van der Waals surface area contributed by atoms with Gasteiger partial charge in [-0.3, -0.25) is 0 Å². The second-order valence-electron chi connectivity index (χ2n) is 7.01. The van der Waals surface area contributed by atoms with E-state index in [9.17, 15) is 4.79 Å². The Bertz CT molecular complexity index is 319. The third kappa shape index (κ3) is 5.47. The van der Waals surface area contributed by atoms with Gasteiger partial charge >= 0.3 is 6.09 Å². The van der Waals surface area contributed by atoms with Gasteiger partial charge < -0.3 is 19.4 Å². The monoisotopic (exact) mass is 297 g/mol. The Kier molecular flexibility index (Phi) is 6.30. The van der Waals surface area contributed by atoms with Gasteiger partial charge in [-0.05, 0) is 31.7 Å². The summed E-state index contributed by atoms with van der Waals surface area (Å²) in [7, 11) is 2.19. The number of likely N-dealkylation sites (tertiary alicyclic amines) is 1. The van der Waals surface area contributed by atoms with Gasteiger partial charge in [0, 0.05) is 45.8 Å². The van der Waals surface area contributed by atoms with Crippen LogP contribution in [0.3, 0.4) is 0 Å². The normalized spacial score (nSPS) is 22.8. The first-order chi connectivity index (χ1) is 10.0. The maximum absolute atomic E-state index is 11.9. The van der Waals surface area contributed by atoms with Crippen LogP contribution in [-0.4, -0.2) is 80.3 Å². The maximum Gasteiger partial charge on any atom is 0.409 e. The van der Waals surface area contributed by atoms with E-state index in [0.717, 1.165) is 31.8 Å². The molecule has 2 saturated heterocycles. The van der Waals surface area contributed by atoms with Gasteiger partial charge in [0.15, 0.2) is 0 Å². The quantitative estimate of drug-likeness (QED) is 0.792. The number of amides is 1. The lowest BCUT2D eigenvalue weighted by atomic mass is 9.96. The topological polar surface area (TPSA) is 36.0 Å². The summed E-state index contributed by atoms with van der Waals surface area (Å²) in [4.78, 5) is 18.8. The van der Waals surface area contributed by atoms with Crippen molar-refractivity contribution in [2.75, 3.05) is 59.5 Å². The SMILES string of the molecule is CC(C)COC(=O)N1CCC(CN2CCN(C)CC2)CC1. The van der Waals surface area contributed by atoms with E-state index in [0.29, 0.717) is 12.5 Å². The number of piperidine rings is 1. The molecule has 2 aliphatic rings. The van der Waals surface area contributed by atoms with E-state index in [1.165, 1.54) is 32.7 Å². The number of ether oxygens (including phenoxy) is 1. The molecular weight excluding hydrogens is 266 g/mol. The summed E-state index contributed by atoms with van der Waals surface area (Å²) in [5.41, 5.74) is 0. The fourth-order valence-electron chi connectivity index (χ4n) is 3.02. The van der Waals surface area contributed by atoms with Crippen LogP contribution in [0.5, 0.6) is 0 Å². The number of nitrogens with zero attached hydrogens (tertiary/aromatic N) is 3. The Hall–Kier alpha value is -0.810. The number of hydrogen-bond acceptors (Lipinski definition) is 4. The van der Waals surface area contributed by atoms with Gasteiger partial charge in [0.1, 0.15) is 0 Å². The molecule has 2 fully saturated rings. The minimum Gasteiger partial charge on any atom is -0.449 e. The number of hydrogen-bond donors (Lipinski definition) is 0. The van der Waals surface area contributed by atoms with Crippen molar-refractivity contribution >= 4 is 6.09 Å². The summed E-state index contributed by atoms with van der Waals surface area (Å²) < 4.78 is 5.31. The van der Waals surface area contributed by atoms with Crippen molar-refractivity contribution in [2.24, 2.45) is 11.8 Å². The van der Waals surface area contributed by atoms with E-state index in [4.69, 9.17) is 4.74 Å². The van der Waals surface area contributed by atoms with Crippen molar-refractivity contribution in [1.29, 1.82) is 0 Å². The minimum absolute atomic E-state index is 0.123. The molecule has 2 rings (SSSR count). The lowest BCUT2D eigenvalue weighted by molar-refractivity contribution is 0.0696. The summed E-state index contributed by atoms with van der Waals surface area (Å²) in [5, 5.41) is 0. The Morgan fingerprint density at radius 3 is 2.29 bits per heavy atom. The van der Waals surface area contributed by atoms with Gasteiger partial charge in [-0.1, -0.05) is 13.8 Å². The number of carbonyl (C=O) groups excluding carboxylic acids is 1. The smallest absolute Gasteiger partial charge is 0.409 e. The summed E-state index contributed by atoms with van der Waals surface area (Å²) in [6.07, 6.45) is 2.11. The highest BCUT2D eigenvalue weighted by molar-refractivity contribution is 5.67. The fourth-order valence-corrected chi connectivity index (χ4v) is 3.02. The average Bonchev–Trinajstić information content (AvgIpc) is 2.48. The Morgan fingerprint density at radius 1 is 1.10 bits per heavy atom. The van der Waals surface area contributed by atoms with Crippen LogP contribution in [0, 0.1) is 11.8 Å². The van der Waals surface area contributed by atoms with Gasteiger partial charge in [-0.25, -0.2) is 4.79 Å². The average molecular weight is 297 g/mol. The van der Waals surface area contributed by atoms with E-state index >= 15 is 0 Å². The van der Waals surface area contributed by atoms with Crippen molar-refractivity contribution in [1.82, 2.24) is 14.7 Å². The molecule has 0 unspecified atom stereocenters. The molecule has 0 atom stereocenters. The summed E-state index contributed by atoms with van der Waals surface area (Å²) >= 11 is 0. The third-order valence-corrected chi connectivity index (χ3v) is 4.53.